The van der Waals surface area contributed by atoms with E-state index >= 15 is 0 Å². The fourth-order valence-corrected chi connectivity index (χ4v) is 6.71. The van der Waals surface area contributed by atoms with E-state index in [0.29, 0.717) is 38.5 Å². The van der Waals surface area contributed by atoms with E-state index in [1.54, 1.807) is 0 Å². The van der Waals surface area contributed by atoms with E-state index in [1.165, 1.54) is 0 Å². The Morgan fingerprint density at radius 3 is 1.22 bits per heavy atom. The molecule has 0 bridgehead atoms. The van der Waals surface area contributed by atoms with Gasteiger partial charge in [-0.15, -0.1) is 0 Å². The maximum atomic E-state index is 13.8. The molecular weight excluding hydrogens is 404 g/mol. The van der Waals surface area contributed by atoms with E-state index in [0.717, 1.165) is 44.9 Å². The zero-order valence-electron chi connectivity index (χ0n) is 20.7. The number of rotatable bonds is 8. The average molecular weight is 451 g/mol. The largest absolute Gasteiger partial charge is 0.388 e. The number of aliphatic hydroxyl groups is 2. The molecule has 3 saturated carbocycles. The van der Waals surface area contributed by atoms with E-state index in [-0.39, 0.29) is 35.7 Å². The van der Waals surface area contributed by atoms with Gasteiger partial charge in [0.15, 0.2) is 0 Å². The van der Waals surface area contributed by atoms with Gasteiger partial charge in [-0.1, -0.05) is 72.6 Å². The van der Waals surface area contributed by atoms with Gasteiger partial charge in [0.25, 0.3) is 0 Å². The third kappa shape index (κ3) is 5.01. The summed E-state index contributed by atoms with van der Waals surface area (Å²) in [4.78, 5) is 27.6. The minimum atomic E-state index is -1.12. The summed E-state index contributed by atoms with van der Waals surface area (Å²) >= 11 is 0. The van der Waals surface area contributed by atoms with Gasteiger partial charge in [0.2, 0.25) is 11.8 Å². The molecule has 0 radical (unpaired) electrons. The second-order valence-corrected chi connectivity index (χ2v) is 11.7. The lowest BCUT2D eigenvalue weighted by atomic mass is 9.71. The van der Waals surface area contributed by atoms with Gasteiger partial charge in [0, 0.05) is 0 Å². The average Bonchev–Trinajstić information content (AvgIpc) is 3.39. The van der Waals surface area contributed by atoms with E-state index in [9.17, 15) is 19.8 Å². The minimum absolute atomic E-state index is 0.0772. The Kier molecular flexibility index (Phi) is 7.97. The minimum Gasteiger partial charge on any atom is -0.388 e. The third-order valence-corrected chi connectivity index (χ3v) is 8.58. The molecule has 0 spiro atoms. The predicted molar refractivity (Wildman–Crippen MR) is 126 cm³/mol. The van der Waals surface area contributed by atoms with Crippen LogP contribution in [-0.4, -0.2) is 45.3 Å². The monoisotopic (exact) mass is 450 g/mol. The van der Waals surface area contributed by atoms with Gasteiger partial charge in [-0.2, -0.15) is 0 Å². The van der Waals surface area contributed by atoms with Crippen molar-refractivity contribution in [3.63, 3.8) is 0 Å². The molecule has 3 rings (SSSR count). The quantitative estimate of drug-likeness (QED) is 0.422. The molecule has 32 heavy (non-hydrogen) atoms. The molecular formula is C26H46N2O4. The molecule has 2 amide bonds. The van der Waals surface area contributed by atoms with E-state index < -0.39 is 16.6 Å². The summed E-state index contributed by atoms with van der Waals surface area (Å²) in [6.45, 7) is 8.11. The summed E-state index contributed by atoms with van der Waals surface area (Å²) in [6.07, 6.45) is 10.4. The Hall–Kier alpha value is -1.14. The molecule has 4 N–H and O–H groups in total. The number of hydrogen-bond acceptors (Lipinski definition) is 4. The van der Waals surface area contributed by atoms with E-state index in [4.69, 9.17) is 0 Å². The molecule has 6 heteroatoms. The Balaban J connectivity index is 1.83. The summed E-state index contributed by atoms with van der Waals surface area (Å²) in [5.41, 5.74) is -2.91. The molecule has 6 nitrogen and oxygen atoms in total. The maximum absolute atomic E-state index is 13.8. The van der Waals surface area contributed by atoms with Crippen LogP contribution in [0, 0.1) is 17.3 Å². The van der Waals surface area contributed by atoms with Crippen LogP contribution in [0.25, 0.3) is 0 Å². The predicted octanol–water partition coefficient (Wildman–Crippen LogP) is 3.83. The number of hydrogen-bond donors (Lipinski definition) is 4. The van der Waals surface area contributed by atoms with Crippen LogP contribution in [0.4, 0.5) is 0 Å². The van der Waals surface area contributed by atoms with Crippen molar-refractivity contribution >= 4 is 11.8 Å². The van der Waals surface area contributed by atoms with Crippen molar-refractivity contribution in [2.24, 2.45) is 17.3 Å². The molecule has 0 aromatic carbocycles. The zero-order chi connectivity index (χ0) is 23.6. The zero-order valence-corrected chi connectivity index (χ0v) is 20.7. The lowest BCUT2D eigenvalue weighted by Gasteiger charge is -2.43. The Morgan fingerprint density at radius 1 is 0.594 bits per heavy atom. The Bertz CT molecular complexity index is 607. The lowest BCUT2D eigenvalue weighted by Crippen LogP contribution is -2.63. The molecule has 0 unspecified atom stereocenters. The van der Waals surface area contributed by atoms with Crippen molar-refractivity contribution in [3.05, 3.63) is 0 Å². The Labute approximate surface area is 194 Å². The van der Waals surface area contributed by atoms with Crippen LogP contribution in [0.15, 0.2) is 0 Å². The second kappa shape index (κ2) is 10.0. The van der Waals surface area contributed by atoms with Gasteiger partial charge in [0.1, 0.15) is 5.41 Å². The molecule has 2 atom stereocenters. The first-order chi connectivity index (χ1) is 15.0. The van der Waals surface area contributed by atoms with Gasteiger partial charge in [-0.05, 0) is 50.4 Å². The first kappa shape index (κ1) is 25.5. The molecule has 0 saturated heterocycles. The van der Waals surface area contributed by atoms with Crippen LogP contribution < -0.4 is 10.6 Å². The highest BCUT2D eigenvalue weighted by atomic mass is 16.3. The topological polar surface area (TPSA) is 98.7 Å². The Morgan fingerprint density at radius 2 is 0.906 bits per heavy atom. The molecule has 0 aromatic heterocycles. The maximum Gasteiger partial charge on any atom is 0.236 e. The SMILES string of the molecule is CC(C)[C@@H](NC(=O)C1(C(=O)N[C@H](C(C)C)C2(O)CCCC2)CCCCC1)C1(O)CCCC1. The van der Waals surface area contributed by atoms with Crippen LogP contribution in [0.1, 0.15) is 111 Å². The van der Waals surface area contributed by atoms with Gasteiger partial charge in [0.05, 0.1) is 23.3 Å². The fourth-order valence-electron chi connectivity index (χ4n) is 6.71. The highest BCUT2D eigenvalue weighted by molar-refractivity contribution is 6.05. The van der Waals surface area contributed by atoms with Crippen LogP contribution in [0.3, 0.4) is 0 Å². The lowest BCUT2D eigenvalue weighted by molar-refractivity contribution is -0.150. The molecule has 3 fully saturated rings. The van der Waals surface area contributed by atoms with Crippen LogP contribution in [0.5, 0.6) is 0 Å². The molecule has 3 aliphatic rings. The van der Waals surface area contributed by atoms with Gasteiger partial charge in [-0.3, -0.25) is 9.59 Å². The summed E-state index contributed by atoms with van der Waals surface area (Å²) in [5.74, 6) is -0.328. The number of nitrogens with one attached hydrogen (secondary N) is 2. The van der Waals surface area contributed by atoms with Crippen molar-refractivity contribution < 1.29 is 19.8 Å². The second-order valence-electron chi connectivity index (χ2n) is 11.7. The normalized spacial score (nSPS) is 26.1. The first-order valence-electron chi connectivity index (χ1n) is 13.1. The number of carbonyl (C=O) groups is 2. The van der Waals surface area contributed by atoms with Crippen molar-refractivity contribution in [1.82, 2.24) is 10.6 Å². The van der Waals surface area contributed by atoms with Gasteiger partial charge < -0.3 is 20.8 Å². The third-order valence-electron chi connectivity index (χ3n) is 8.58. The van der Waals surface area contributed by atoms with Crippen LogP contribution >= 0.6 is 0 Å². The molecule has 0 aromatic rings. The highest BCUT2D eigenvalue weighted by Crippen LogP contribution is 2.41. The molecule has 0 aliphatic heterocycles. The standard InChI is InChI=1S/C26H46N2O4/c1-18(2)20(25(31)14-8-9-15-25)27-22(29)24(12-6-5-7-13-24)23(30)28-21(19(3)4)26(32)16-10-11-17-26/h18-21,31-32H,5-17H2,1-4H3,(H,27,29)(H,28,30)/t20-,21-/m1/s1. The van der Waals surface area contributed by atoms with Crippen molar-refractivity contribution in [2.75, 3.05) is 0 Å². The number of amides is 2. The summed E-state index contributed by atoms with van der Waals surface area (Å²) in [7, 11) is 0. The first-order valence-corrected chi connectivity index (χ1v) is 13.1. The van der Waals surface area contributed by atoms with Crippen LogP contribution in [-0.2, 0) is 9.59 Å². The van der Waals surface area contributed by atoms with E-state index in [2.05, 4.69) is 10.6 Å². The van der Waals surface area contributed by atoms with Crippen LogP contribution in [0.2, 0.25) is 0 Å². The van der Waals surface area contributed by atoms with Gasteiger partial charge >= 0.3 is 0 Å². The van der Waals surface area contributed by atoms with Crippen molar-refractivity contribution in [2.45, 2.75) is 134 Å². The highest BCUT2D eigenvalue weighted by Gasteiger charge is 2.52. The van der Waals surface area contributed by atoms with Crippen molar-refractivity contribution in [3.8, 4) is 0 Å². The summed E-state index contributed by atoms with van der Waals surface area (Å²) in [5, 5.41) is 28.8. The molecule has 0 heterocycles. The van der Waals surface area contributed by atoms with E-state index in [1.807, 2.05) is 27.7 Å². The molecule has 184 valence electrons. The summed E-state index contributed by atoms with van der Waals surface area (Å²) < 4.78 is 0. The fraction of sp³-hybridized carbons (Fsp3) is 0.923. The van der Waals surface area contributed by atoms with Crippen molar-refractivity contribution in [1.29, 1.82) is 0 Å². The number of carbonyl (C=O) groups excluding carboxylic acids is 2. The smallest absolute Gasteiger partial charge is 0.236 e. The van der Waals surface area contributed by atoms with Gasteiger partial charge in [-0.25, -0.2) is 0 Å². The summed E-state index contributed by atoms with van der Waals surface area (Å²) in [6, 6.07) is -0.715. The molecule has 3 aliphatic carbocycles.